The quantitative estimate of drug-likeness (QED) is 0.543. The minimum Gasteiger partial charge on any atom is -0.342 e. The molecule has 0 bridgehead atoms. The van der Waals surface area contributed by atoms with Crippen molar-refractivity contribution in [3.05, 3.63) is 63.7 Å². The van der Waals surface area contributed by atoms with Gasteiger partial charge in [0.05, 0.1) is 21.2 Å². The molecule has 0 radical (unpaired) electrons. The zero-order valence-electron chi connectivity index (χ0n) is 17.0. The maximum Gasteiger partial charge on any atom is 0.262 e. The third-order valence-electron chi connectivity index (χ3n) is 4.92. The van der Waals surface area contributed by atoms with Gasteiger partial charge in [0, 0.05) is 18.0 Å². The summed E-state index contributed by atoms with van der Waals surface area (Å²) in [6, 6.07) is 5.56. The van der Waals surface area contributed by atoms with Crippen molar-refractivity contribution < 1.29 is 18.9 Å². The van der Waals surface area contributed by atoms with Crippen LogP contribution in [0.3, 0.4) is 0 Å². The third kappa shape index (κ3) is 4.09. The summed E-state index contributed by atoms with van der Waals surface area (Å²) in [5.41, 5.74) is 0.880. The van der Waals surface area contributed by atoms with Gasteiger partial charge in [0.25, 0.3) is 11.8 Å². The summed E-state index contributed by atoms with van der Waals surface area (Å²) in [7, 11) is 0. The van der Waals surface area contributed by atoms with E-state index in [-0.39, 0.29) is 33.0 Å². The number of nitrogens with one attached hydrogen (secondary N) is 1. The van der Waals surface area contributed by atoms with Crippen LogP contribution in [0, 0.1) is 5.92 Å². The molecule has 0 aliphatic carbocycles. The predicted molar refractivity (Wildman–Crippen MR) is 115 cm³/mol. The molecule has 0 fully saturated rings. The van der Waals surface area contributed by atoms with Crippen molar-refractivity contribution >= 4 is 40.9 Å². The second kappa shape index (κ2) is 8.68. The number of hydrogen-bond acceptors (Lipinski definition) is 7. The maximum absolute atomic E-state index is 12.7. The largest absolute Gasteiger partial charge is 0.342 e. The number of hydrogen-bond donors (Lipinski definition) is 1. The molecule has 3 aromatic rings. The van der Waals surface area contributed by atoms with Gasteiger partial charge in [-0.05, 0) is 30.2 Å². The fourth-order valence-corrected chi connectivity index (χ4v) is 3.60. The molecule has 164 valence electrons. The minimum atomic E-state index is -0.625. The lowest BCUT2D eigenvalue weighted by atomic mass is 10.0. The fraction of sp³-hybridized carbons (Fsp3) is 0.238. The molecule has 2 aromatic heterocycles. The molecule has 11 heteroatoms. The summed E-state index contributed by atoms with van der Waals surface area (Å²) in [6.45, 7) is 3.25. The van der Waals surface area contributed by atoms with Gasteiger partial charge in [-0.3, -0.25) is 24.3 Å². The van der Waals surface area contributed by atoms with Gasteiger partial charge < -0.3 is 9.84 Å². The molecule has 1 unspecified atom stereocenters. The number of halogens is 2. The molecule has 1 atom stereocenters. The Hall–Kier alpha value is -3.30. The zero-order chi connectivity index (χ0) is 23.0. The number of rotatable bonds is 6. The summed E-state index contributed by atoms with van der Waals surface area (Å²) in [5.74, 6) is -1.36. The van der Waals surface area contributed by atoms with Crippen LogP contribution in [0.1, 0.15) is 46.5 Å². The minimum absolute atomic E-state index is 0.107. The molecule has 4 rings (SSSR count). The number of amides is 3. The highest BCUT2D eigenvalue weighted by Crippen LogP contribution is 2.31. The van der Waals surface area contributed by atoms with Crippen LogP contribution in [0.5, 0.6) is 0 Å². The van der Waals surface area contributed by atoms with Gasteiger partial charge in [0.2, 0.25) is 17.6 Å². The van der Waals surface area contributed by atoms with E-state index in [1.165, 1.54) is 12.1 Å². The molecule has 0 saturated carbocycles. The van der Waals surface area contributed by atoms with Gasteiger partial charge in [0.1, 0.15) is 12.6 Å². The Morgan fingerprint density at radius 3 is 2.38 bits per heavy atom. The lowest BCUT2D eigenvalue weighted by Gasteiger charge is -2.20. The Morgan fingerprint density at radius 1 is 1.16 bits per heavy atom. The standard InChI is InChI=1S/C21H17Cl2N5O4/c1-10(2)17(19-26-18(27-32-19)11-4-3-5-24-8-11)25-16(29)9-28-20(30)12-6-14(22)15(23)7-13(12)21(28)31/h3-8,10,17H,9H2,1-2H3,(H,25,29). The smallest absolute Gasteiger partial charge is 0.262 e. The summed E-state index contributed by atoms with van der Waals surface area (Å²) >= 11 is 11.9. The number of fused-ring (bicyclic) bond motifs is 1. The second-order valence-corrected chi connectivity index (χ2v) is 8.31. The Bertz CT molecular complexity index is 1170. The Kier molecular flexibility index (Phi) is 5.94. The highest BCUT2D eigenvalue weighted by Gasteiger charge is 2.38. The van der Waals surface area contributed by atoms with Crippen LogP contribution < -0.4 is 5.32 Å². The molecule has 0 saturated heterocycles. The van der Waals surface area contributed by atoms with Crippen LogP contribution >= 0.6 is 23.2 Å². The van der Waals surface area contributed by atoms with Gasteiger partial charge in [-0.1, -0.05) is 42.2 Å². The van der Waals surface area contributed by atoms with E-state index in [2.05, 4.69) is 20.4 Å². The van der Waals surface area contributed by atoms with Crippen LogP contribution in [0.2, 0.25) is 10.0 Å². The van der Waals surface area contributed by atoms with Gasteiger partial charge >= 0.3 is 0 Å². The molecular weight excluding hydrogens is 457 g/mol. The summed E-state index contributed by atoms with van der Waals surface area (Å²) in [4.78, 5) is 47.2. The predicted octanol–water partition coefficient (Wildman–Crippen LogP) is 3.55. The van der Waals surface area contributed by atoms with E-state index in [1.807, 2.05) is 13.8 Å². The first kappa shape index (κ1) is 21.9. The summed E-state index contributed by atoms with van der Waals surface area (Å²) in [5, 5.41) is 7.02. The Balaban J connectivity index is 1.49. The number of carbonyl (C=O) groups is 3. The number of carbonyl (C=O) groups excluding carboxylic acids is 3. The van der Waals surface area contributed by atoms with E-state index >= 15 is 0 Å². The van der Waals surface area contributed by atoms with Crippen molar-refractivity contribution in [3.63, 3.8) is 0 Å². The number of nitrogens with zero attached hydrogens (tertiary/aromatic N) is 4. The molecule has 1 aliphatic heterocycles. The first-order valence-electron chi connectivity index (χ1n) is 9.65. The molecule has 3 amide bonds. The second-order valence-electron chi connectivity index (χ2n) is 7.50. The van der Waals surface area contributed by atoms with E-state index in [1.54, 1.807) is 24.5 Å². The molecule has 1 aliphatic rings. The highest BCUT2D eigenvalue weighted by atomic mass is 35.5. The van der Waals surface area contributed by atoms with Crippen LogP contribution in [-0.4, -0.2) is 44.3 Å². The first-order chi connectivity index (χ1) is 15.3. The molecule has 1 N–H and O–H groups in total. The van der Waals surface area contributed by atoms with E-state index in [4.69, 9.17) is 27.7 Å². The van der Waals surface area contributed by atoms with Gasteiger partial charge in [-0.15, -0.1) is 0 Å². The molecule has 1 aromatic carbocycles. The maximum atomic E-state index is 12.7. The molecular formula is C21H17Cl2N5O4. The average molecular weight is 474 g/mol. The van der Waals surface area contributed by atoms with Crippen LogP contribution in [0.15, 0.2) is 41.2 Å². The molecule has 32 heavy (non-hydrogen) atoms. The van der Waals surface area contributed by atoms with Crippen molar-refractivity contribution in [1.82, 2.24) is 25.3 Å². The van der Waals surface area contributed by atoms with Crippen molar-refractivity contribution in [3.8, 4) is 11.4 Å². The monoisotopic (exact) mass is 473 g/mol. The van der Waals surface area contributed by atoms with Gasteiger partial charge in [-0.25, -0.2) is 0 Å². The molecule has 0 spiro atoms. The number of benzene rings is 1. The van der Waals surface area contributed by atoms with Crippen molar-refractivity contribution in [1.29, 1.82) is 0 Å². The third-order valence-corrected chi connectivity index (χ3v) is 5.65. The topological polar surface area (TPSA) is 118 Å². The van der Waals surface area contributed by atoms with Gasteiger partial charge in [-0.2, -0.15) is 4.98 Å². The fourth-order valence-electron chi connectivity index (χ4n) is 3.28. The normalized spacial score (nSPS) is 14.1. The van der Waals surface area contributed by atoms with Crippen LogP contribution in [-0.2, 0) is 4.79 Å². The summed E-state index contributed by atoms with van der Waals surface area (Å²) < 4.78 is 5.35. The van der Waals surface area contributed by atoms with E-state index < -0.39 is 30.3 Å². The number of imide groups is 1. The lowest BCUT2D eigenvalue weighted by Crippen LogP contribution is -2.42. The average Bonchev–Trinajstić information content (AvgIpc) is 3.33. The van der Waals surface area contributed by atoms with Crippen LogP contribution in [0.25, 0.3) is 11.4 Å². The number of pyridine rings is 1. The number of aromatic nitrogens is 3. The van der Waals surface area contributed by atoms with Crippen molar-refractivity contribution in [2.24, 2.45) is 5.92 Å². The van der Waals surface area contributed by atoms with E-state index in [0.717, 1.165) is 4.90 Å². The Labute approximate surface area is 192 Å². The van der Waals surface area contributed by atoms with Crippen molar-refractivity contribution in [2.75, 3.05) is 6.54 Å². The molecule has 9 nitrogen and oxygen atoms in total. The highest BCUT2D eigenvalue weighted by molar-refractivity contribution is 6.43. The van der Waals surface area contributed by atoms with E-state index in [0.29, 0.717) is 11.4 Å². The molecule has 3 heterocycles. The SMILES string of the molecule is CC(C)C(NC(=O)CN1C(=O)c2cc(Cl)c(Cl)cc2C1=O)c1nc(-c2cccnc2)no1. The zero-order valence-corrected chi connectivity index (χ0v) is 18.5. The van der Waals surface area contributed by atoms with E-state index in [9.17, 15) is 14.4 Å². The summed E-state index contributed by atoms with van der Waals surface area (Å²) in [6.07, 6.45) is 3.22. The van der Waals surface area contributed by atoms with Crippen LogP contribution in [0.4, 0.5) is 0 Å². The lowest BCUT2D eigenvalue weighted by molar-refractivity contribution is -0.122. The van der Waals surface area contributed by atoms with Gasteiger partial charge in [0.15, 0.2) is 0 Å². The Morgan fingerprint density at radius 2 is 1.81 bits per heavy atom. The first-order valence-corrected chi connectivity index (χ1v) is 10.4. The van der Waals surface area contributed by atoms with Crippen molar-refractivity contribution in [2.45, 2.75) is 19.9 Å².